The number of rotatable bonds is 3. The Kier molecular flexibility index (Phi) is 4.08. The quantitative estimate of drug-likeness (QED) is 0.922. The Morgan fingerprint density at radius 1 is 1.45 bits per heavy atom. The van der Waals surface area contributed by atoms with Gasteiger partial charge in [0.1, 0.15) is 0 Å². The first-order valence-electron chi connectivity index (χ1n) is 5.89. The van der Waals surface area contributed by atoms with Crippen molar-refractivity contribution in [2.45, 2.75) is 18.6 Å². The molecular weight excluding hydrogens is 285 g/mol. The van der Waals surface area contributed by atoms with E-state index in [4.69, 9.17) is 5.11 Å². The van der Waals surface area contributed by atoms with Gasteiger partial charge in [-0.1, -0.05) is 17.8 Å². The van der Waals surface area contributed by atoms with Gasteiger partial charge in [-0.05, 0) is 12.1 Å². The van der Waals surface area contributed by atoms with Gasteiger partial charge in [0.25, 0.3) is 0 Å². The Labute approximate surface area is 118 Å². The van der Waals surface area contributed by atoms with E-state index in [1.54, 1.807) is 0 Å². The van der Waals surface area contributed by atoms with Crippen molar-refractivity contribution in [2.24, 2.45) is 0 Å². The van der Waals surface area contributed by atoms with Crippen LogP contribution < -0.4 is 4.90 Å². The van der Waals surface area contributed by atoms with Gasteiger partial charge >= 0.3 is 5.97 Å². The SMILES string of the molecule is CC(=O)SC1CC(=O)N(c2cccc(C(=O)O)c2F)C1. The third-order valence-electron chi connectivity index (χ3n) is 2.92. The zero-order valence-corrected chi connectivity index (χ0v) is 11.4. The van der Waals surface area contributed by atoms with Crippen LogP contribution in [0, 0.1) is 5.82 Å². The number of carboxylic acids is 1. The van der Waals surface area contributed by atoms with Gasteiger partial charge in [0.2, 0.25) is 5.91 Å². The van der Waals surface area contributed by atoms with Crippen molar-refractivity contribution in [3.63, 3.8) is 0 Å². The van der Waals surface area contributed by atoms with Crippen LogP contribution in [0.4, 0.5) is 10.1 Å². The minimum atomic E-state index is -1.38. The lowest BCUT2D eigenvalue weighted by Crippen LogP contribution is -2.26. The maximum absolute atomic E-state index is 14.1. The van der Waals surface area contributed by atoms with Crippen molar-refractivity contribution in [3.8, 4) is 0 Å². The fourth-order valence-corrected chi connectivity index (χ4v) is 3.03. The molecule has 0 bridgehead atoms. The molecule has 1 unspecified atom stereocenters. The lowest BCUT2D eigenvalue weighted by atomic mass is 10.1. The molecule has 1 aliphatic heterocycles. The van der Waals surface area contributed by atoms with E-state index < -0.39 is 17.3 Å². The first kappa shape index (κ1) is 14.5. The number of carbonyl (C=O) groups excluding carboxylic acids is 2. The Hall–Kier alpha value is -1.89. The number of carboxylic acid groups (broad SMARTS) is 1. The van der Waals surface area contributed by atoms with Gasteiger partial charge < -0.3 is 10.0 Å². The molecule has 1 aromatic rings. The highest BCUT2D eigenvalue weighted by Gasteiger charge is 2.34. The summed E-state index contributed by atoms with van der Waals surface area (Å²) in [5, 5.41) is 8.54. The van der Waals surface area contributed by atoms with Gasteiger partial charge in [-0.3, -0.25) is 9.59 Å². The Morgan fingerprint density at radius 3 is 2.75 bits per heavy atom. The van der Waals surface area contributed by atoms with Gasteiger partial charge in [0.15, 0.2) is 10.9 Å². The van der Waals surface area contributed by atoms with Crippen molar-refractivity contribution in [2.75, 3.05) is 11.4 Å². The fraction of sp³-hybridized carbons (Fsp3) is 0.308. The van der Waals surface area contributed by atoms with Gasteiger partial charge in [-0.15, -0.1) is 0 Å². The van der Waals surface area contributed by atoms with Gasteiger partial charge in [0, 0.05) is 25.1 Å². The largest absolute Gasteiger partial charge is 0.478 e. The van der Waals surface area contributed by atoms with Crippen LogP contribution in [0.25, 0.3) is 0 Å². The summed E-state index contributed by atoms with van der Waals surface area (Å²) in [5.41, 5.74) is -0.528. The summed E-state index contributed by atoms with van der Waals surface area (Å²) in [5.74, 6) is -2.63. The van der Waals surface area contributed by atoms with E-state index in [1.807, 2.05) is 0 Å². The Bertz CT molecular complexity index is 590. The van der Waals surface area contributed by atoms with E-state index in [-0.39, 0.29) is 34.9 Å². The molecule has 1 aliphatic rings. The zero-order chi connectivity index (χ0) is 14.9. The molecule has 1 atom stereocenters. The number of hydrogen-bond donors (Lipinski definition) is 1. The summed E-state index contributed by atoms with van der Waals surface area (Å²) < 4.78 is 14.1. The normalized spacial score (nSPS) is 18.4. The Morgan fingerprint density at radius 2 is 2.15 bits per heavy atom. The third-order valence-corrected chi connectivity index (χ3v) is 3.90. The summed E-state index contributed by atoms with van der Waals surface area (Å²) in [7, 11) is 0. The lowest BCUT2D eigenvalue weighted by molar-refractivity contribution is -0.117. The third kappa shape index (κ3) is 2.82. The molecule has 1 amide bonds. The van der Waals surface area contributed by atoms with Crippen LogP contribution in [0.2, 0.25) is 0 Å². The summed E-state index contributed by atoms with van der Waals surface area (Å²) in [6.45, 7) is 1.60. The fourth-order valence-electron chi connectivity index (χ4n) is 2.11. The average Bonchev–Trinajstić information content (AvgIpc) is 2.69. The highest BCUT2D eigenvalue weighted by atomic mass is 32.2. The lowest BCUT2D eigenvalue weighted by Gasteiger charge is -2.17. The minimum Gasteiger partial charge on any atom is -0.478 e. The van der Waals surface area contributed by atoms with Crippen molar-refractivity contribution < 1.29 is 23.9 Å². The number of amides is 1. The Balaban J connectivity index is 2.28. The number of benzene rings is 1. The molecule has 1 saturated heterocycles. The summed E-state index contributed by atoms with van der Waals surface area (Å²) in [4.78, 5) is 35.0. The highest BCUT2D eigenvalue weighted by molar-refractivity contribution is 8.14. The molecule has 0 aromatic heterocycles. The van der Waals surface area contributed by atoms with E-state index in [9.17, 15) is 18.8 Å². The number of hydrogen-bond acceptors (Lipinski definition) is 4. The predicted molar refractivity (Wildman–Crippen MR) is 72.4 cm³/mol. The van der Waals surface area contributed by atoms with Crippen molar-refractivity contribution in [3.05, 3.63) is 29.6 Å². The molecule has 0 aliphatic carbocycles. The zero-order valence-electron chi connectivity index (χ0n) is 10.6. The number of halogens is 1. The van der Waals surface area contributed by atoms with Gasteiger partial charge in [0.05, 0.1) is 11.3 Å². The first-order valence-corrected chi connectivity index (χ1v) is 6.77. The molecular formula is C13H12FNO4S. The molecule has 1 aromatic carbocycles. The second kappa shape index (κ2) is 5.62. The molecule has 7 heteroatoms. The van der Waals surface area contributed by atoms with E-state index in [1.165, 1.54) is 24.0 Å². The number of aromatic carboxylic acids is 1. The van der Waals surface area contributed by atoms with Crippen molar-refractivity contribution in [1.82, 2.24) is 0 Å². The number of anilines is 1. The average molecular weight is 297 g/mol. The molecule has 0 saturated carbocycles. The van der Waals surface area contributed by atoms with E-state index in [0.717, 1.165) is 17.8 Å². The van der Waals surface area contributed by atoms with Crippen LogP contribution >= 0.6 is 11.8 Å². The first-order chi connectivity index (χ1) is 9.40. The monoisotopic (exact) mass is 297 g/mol. The van der Waals surface area contributed by atoms with E-state index in [0.29, 0.717) is 0 Å². The molecule has 1 N–H and O–H groups in total. The molecule has 2 rings (SSSR count). The van der Waals surface area contributed by atoms with Crippen molar-refractivity contribution in [1.29, 1.82) is 0 Å². The molecule has 0 radical (unpaired) electrons. The molecule has 5 nitrogen and oxygen atoms in total. The predicted octanol–water partition coefficient (Wildman–Crippen LogP) is 1.91. The molecule has 1 fully saturated rings. The smallest absolute Gasteiger partial charge is 0.338 e. The van der Waals surface area contributed by atoms with E-state index in [2.05, 4.69) is 0 Å². The molecule has 1 heterocycles. The van der Waals surface area contributed by atoms with Gasteiger partial charge in [-0.2, -0.15) is 0 Å². The maximum atomic E-state index is 14.1. The topological polar surface area (TPSA) is 74.7 Å². The van der Waals surface area contributed by atoms with E-state index >= 15 is 0 Å². The van der Waals surface area contributed by atoms with Crippen LogP contribution in [0.15, 0.2) is 18.2 Å². The second-order valence-corrected chi connectivity index (χ2v) is 5.86. The highest BCUT2D eigenvalue weighted by Crippen LogP contribution is 2.31. The molecule has 0 spiro atoms. The molecule has 20 heavy (non-hydrogen) atoms. The van der Waals surface area contributed by atoms with Crippen LogP contribution in [-0.2, 0) is 9.59 Å². The standard InChI is InChI=1S/C13H12FNO4S/c1-7(16)20-8-5-11(17)15(6-8)10-4-2-3-9(12(10)14)13(18)19/h2-4,8H,5-6H2,1H3,(H,18,19). The molecule has 106 valence electrons. The van der Waals surface area contributed by atoms with Crippen LogP contribution in [0.1, 0.15) is 23.7 Å². The maximum Gasteiger partial charge on any atom is 0.338 e. The van der Waals surface area contributed by atoms with Crippen LogP contribution in [0.5, 0.6) is 0 Å². The number of thioether (sulfide) groups is 1. The minimum absolute atomic E-state index is 0.0541. The summed E-state index contributed by atoms with van der Waals surface area (Å²) in [6.07, 6.45) is 0.140. The van der Waals surface area contributed by atoms with Crippen LogP contribution in [0.3, 0.4) is 0 Å². The number of carbonyl (C=O) groups is 3. The second-order valence-electron chi connectivity index (χ2n) is 4.38. The van der Waals surface area contributed by atoms with Crippen molar-refractivity contribution >= 4 is 34.4 Å². The summed E-state index contributed by atoms with van der Waals surface area (Å²) >= 11 is 1.04. The number of nitrogens with zero attached hydrogens (tertiary/aromatic N) is 1. The van der Waals surface area contributed by atoms with Gasteiger partial charge in [-0.25, -0.2) is 9.18 Å². The summed E-state index contributed by atoms with van der Waals surface area (Å²) in [6, 6.07) is 3.89. The van der Waals surface area contributed by atoms with Crippen LogP contribution in [-0.4, -0.2) is 33.9 Å².